The lowest BCUT2D eigenvalue weighted by molar-refractivity contribution is -0.145. The number of hydrogen-bond acceptors (Lipinski definition) is 5. The number of allylic oxidation sites excluding steroid dienone is 2. The van der Waals surface area contributed by atoms with Crippen molar-refractivity contribution in [1.29, 1.82) is 0 Å². The van der Waals surface area contributed by atoms with Crippen molar-refractivity contribution in [1.82, 2.24) is 5.32 Å². The zero-order valence-electron chi connectivity index (χ0n) is 15.4. The van der Waals surface area contributed by atoms with Crippen LogP contribution in [0, 0.1) is 17.3 Å². The molecular formula is C19H31NO4. The van der Waals surface area contributed by atoms with Crippen LogP contribution >= 0.6 is 0 Å². The molecule has 3 aliphatic rings. The van der Waals surface area contributed by atoms with Crippen molar-refractivity contribution in [3.8, 4) is 0 Å². The van der Waals surface area contributed by atoms with E-state index in [1.807, 2.05) is 0 Å². The number of fused-ring (bicyclic) bond motifs is 2. The number of rotatable bonds is 6. The second-order valence-corrected chi connectivity index (χ2v) is 7.89. The predicted octanol–water partition coefficient (Wildman–Crippen LogP) is 2.65. The van der Waals surface area contributed by atoms with Crippen LogP contribution in [0.4, 0.5) is 0 Å². The number of methoxy groups -OCH3 is 2. The van der Waals surface area contributed by atoms with Crippen LogP contribution in [0.2, 0.25) is 0 Å². The van der Waals surface area contributed by atoms with Crippen LogP contribution in [0.5, 0.6) is 0 Å². The van der Waals surface area contributed by atoms with Gasteiger partial charge in [-0.2, -0.15) is 0 Å². The lowest BCUT2D eigenvalue weighted by Gasteiger charge is -2.45. The monoisotopic (exact) mass is 337 g/mol. The summed E-state index contributed by atoms with van der Waals surface area (Å²) in [5, 5.41) is 3.32. The molecule has 4 atom stereocenters. The van der Waals surface area contributed by atoms with Gasteiger partial charge in [0.05, 0.1) is 5.92 Å². The predicted molar refractivity (Wildman–Crippen MR) is 91.4 cm³/mol. The quantitative estimate of drug-likeness (QED) is 0.459. The Kier molecular flexibility index (Phi) is 5.33. The van der Waals surface area contributed by atoms with Crippen LogP contribution < -0.4 is 5.32 Å². The molecular weight excluding hydrogens is 306 g/mol. The average molecular weight is 337 g/mol. The Labute approximate surface area is 145 Å². The third-order valence-corrected chi connectivity index (χ3v) is 6.38. The van der Waals surface area contributed by atoms with E-state index in [4.69, 9.17) is 14.2 Å². The number of carbonyl (C=O) groups excluding carboxylic acids is 1. The molecule has 3 rings (SSSR count). The summed E-state index contributed by atoms with van der Waals surface area (Å²) in [4.78, 5) is 12.4. The molecule has 0 aromatic carbocycles. The minimum absolute atomic E-state index is 0.0376. The molecule has 0 aromatic heterocycles. The van der Waals surface area contributed by atoms with Crippen molar-refractivity contribution in [2.24, 2.45) is 17.3 Å². The van der Waals surface area contributed by atoms with Crippen molar-refractivity contribution < 1.29 is 19.0 Å². The Morgan fingerprint density at radius 1 is 1.38 bits per heavy atom. The molecule has 1 N–H and O–H groups in total. The first-order chi connectivity index (χ1) is 11.5. The highest BCUT2D eigenvalue weighted by Crippen LogP contribution is 2.54. The molecule has 4 unspecified atom stereocenters. The Balaban J connectivity index is 1.67. The second-order valence-electron chi connectivity index (χ2n) is 7.89. The van der Waals surface area contributed by atoms with Crippen LogP contribution in [-0.4, -0.2) is 45.7 Å². The smallest absolute Gasteiger partial charge is 0.310 e. The highest BCUT2D eigenvalue weighted by atomic mass is 16.7. The summed E-state index contributed by atoms with van der Waals surface area (Å²) in [6.45, 7) is 5.85. The van der Waals surface area contributed by atoms with E-state index in [1.165, 1.54) is 19.3 Å². The third-order valence-electron chi connectivity index (χ3n) is 6.38. The normalized spacial score (nSPS) is 35.9. The highest BCUT2D eigenvalue weighted by Gasteiger charge is 2.52. The fourth-order valence-electron chi connectivity index (χ4n) is 4.97. The van der Waals surface area contributed by atoms with Gasteiger partial charge in [-0.3, -0.25) is 4.79 Å². The molecule has 5 heteroatoms. The van der Waals surface area contributed by atoms with E-state index in [-0.39, 0.29) is 29.7 Å². The summed E-state index contributed by atoms with van der Waals surface area (Å²) in [5.74, 6) is 0.213. The van der Waals surface area contributed by atoms with Gasteiger partial charge in [-0.25, -0.2) is 0 Å². The lowest BCUT2D eigenvalue weighted by atomic mass is 9.59. The molecule has 0 spiro atoms. The highest BCUT2D eigenvalue weighted by molar-refractivity contribution is 5.76. The van der Waals surface area contributed by atoms with Gasteiger partial charge >= 0.3 is 5.97 Å². The van der Waals surface area contributed by atoms with Crippen molar-refractivity contribution >= 4 is 5.97 Å². The molecule has 136 valence electrons. The van der Waals surface area contributed by atoms with Crippen molar-refractivity contribution in [2.75, 3.05) is 27.3 Å². The van der Waals surface area contributed by atoms with E-state index in [0.29, 0.717) is 19.0 Å². The standard InChI is InChI=1S/C19H31NO4/c1-12-6-5-7-19(2)9-16-13(8-15(12)19)14(18(21)24-16)10-20-11-17(22-3)23-4/h13-14,16-17,20H,5-11H2,1-4H3. The van der Waals surface area contributed by atoms with E-state index in [9.17, 15) is 4.79 Å². The Morgan fingerprint density at radius 2 is 2.12 bits per heavy atom. The average Bonchev–Trinajstić information content (AvgIpc) is 2.84. The summed E-state index contributed by atoms with van der Waals surface area (Å²) in [5.41, 5.74) is 3.39. The number of nitrogens with one attached hydrogen (secondary N) is 1. The van der Waals surface area contributed by atoms with E-state index < -0.39 is 0 Å². The first kappa shape index (κ1) is 17.9. The minimum atomic E-state index is -0.281. The van der Waals surface area contributed by atoms with Crippen LogP contribution in [0.25, 0.3) is 0 Å². The van der Waals surface area contributed by atoms with Gasteiger partial charge in [0.15, 0.2) is 6.29 Å². The maximum Gasteiger partial charge on any atom is 0.310 e. The van der Waals surface area contributed by atoms with Crippen LogP contribution in [0.15, 0.2) is 11.1 Å². The van der Waals surface area contributed by atoms with Crippen molar-refractivity contribution in [2.45, 2.75) is 58.3 Å². The van der Waals surface area contributed by atoms with Gasteiger partial charge in [-0.15, -0.1) is 0 Å². The maximum atomic E-state index is 12.4. The summed E-state index contributed by atoms with van der Waals surface area (Å²) < 4.78 is 16.1. The molecule has 1 saturated heterocycles. The molecule has 1 saturated carbocycles. The zero-order chi connectivity index (χ0) is 17.3. The molecule has 1 heterocycles. The van der Waals surface area contributed by atoms with Crippen LogP contribution in [-0.2, 0) is 19.0 Å². The van der Waals surface area contributed by atoms with Crippen molar-refractivity contribution in [3.05, 3.63) is 11.1 Å². The van der Waals surface area contributed by atoms with Gasteiger partial charge in [0, 0.05) is 33.2 Å². The number of esters is 1. The maximum absolute atomic E-state index is 12.4. The summed E-state index contributed by atoms with van der Waals surface area (Å²) in [6, 6.07) is 0. The molecule has 0 bridgehead atoms. The van der Waals surface area contributed by atoms with Gasteiger partial charge in [-0.1, -0.05) is 18.1 Å². The number of ether oxygens (including phenoxy) is 3. The lowest BCUT2D eigenvalue weighted by Crippen LogP contribution is -2.41. The van der Waals surface area contributed by atoms with Gasteiger partial charge in [0.25, 0.3) is 0 Å². The largest absolute Gasteiger partial charge is 0.462 e. The third kappa shape index (κ3) is 3.26. The van der Waals surface area contributed by atoms with E-state index in [1.54, 1.807) is 25.4 Å². The number of hydrogen-bond donors (Lipinski definition) is 1. The van der Waals surface area contributed by atoms with E-state index in [0.717, 1.165) is 12.8 Å². The summed E-state index contributed by atoms with van der Waals surface area (Å²) in [7, 11) is 3.24. The molecule has 1 aliphatic heterocycles. The Bertz CT molecular complexity index is 513. The van der Waals surface area contributed by atoms with Crippen LogP contribution in [0.1, 0.15) is 46.0 Å². The van der Waals surface area contributed by atoms with Crippen molar-refractivity contribution in [3.63, 3.8) is 0 Å². The fourth-order valence-corrected chi connectivity index (χ4v) is 4.97. The molecule has 2 aliphatic carbocycles. The second kappa shape index (κ2) is 7.14. The molecule has 0 aromatic rings. The van der Waals surface area contributed by atoms with E-state index >= 15 is 0 Å². The van der Waals surface area contributed by atoms with Gasteiger partial charge < -0.3 is 19.5 Å². The minimum Gasteiger partial charge on any atom is -0.462 e. The number of carbonyl (C=O) groups is 1. The molecule has 0 radical (unpaired) electrons. The van der Waals surface area contributed by atoms with Gasteiger partial charge in [0.1, 0.15) is 6.10 Å². The summed E-state index contributed by atoms with van der Waals surface area (Å²) >= 11 is 0. The topological polar surface area (TPSA) is 56.8 Å². The SMILES string of the molecule is COC(CNCC1C(=O)OC2CC3(C)CCCC(C)=C3CC21)OC. The van der Waals surface area contributed by atoms with Gasteiger partial charge in [0.2, 0.25) is 0 Å². The Hall–Kier alpha value is -0.910. The first-order valence-corrected chi connectivity index (χ1v) is 9.14. The molecule has 5 nitrogen and oxygen atoms in total. The molecule has 2 fully saturated rings. The van der Waals surface area contributed by atoms with E-state index in [2.05, 4.69) is 19.2 Å². The Morgan fingerprint density at radius 3 is 2.83 bits per heavy atom. The van der Waals surface area contributed by atoms with Gasteiger partial charge in [-0.05, 0) is 44.4 Å². The van der Waals surface area contributed by atoms with Crippen LogP contribution in [0.3, 0.4) is 0 Å². The first-order valence-electron chi connectivity index (χ1n) is 9.14. The summed E-state index contributed by atoms with van der Waals surface area (Å²) in [6.07, 6.45) is 5.52. The fraction of sp³-hybridized carbons (Fsp3) is 0.842. The molecule has 24 heavy (non-hydrogen) atoms. The zero-order valence-corrected chi connectivity index (χ0v) is 15.4. The molecule has 0 amide bonds.